The van der Waals surface area contributed by atoms with Gasteiger partial charge < -0.3 is 29.5 Å². The molecule has 3 rings (SSSR count). The molecule has 0 aliphatic carbocycles. The molecular weight excluding hydrogens is 424 g/mol. The first-order chi connectivity index (χ1) is 14.9. The Bertz CT molecular complexity index is 946. The normalized spacial score (nSPS) is 15.4. The zero-order valence-electron chi connectivity index (χ0n) is 17.4. The second-order valence-corrected chi connectivity index (χ2v) is 7.51. The van der Waals surface area contributed by atoms with Crippen LogP contribution in [0, 0.1) is 0 Å². The average molecular weight is 449 g/mol. The second kappa shape index (κ2) is 10.4. The van der Waals surface area contributed by atoms with Crippen LogP contribution < -0.4 is 10.1 Å². The van der Waals surface area contributed by atoms with E-state index < -0.39 is 12.0 Å². The Morgan fingerprint density at radius 2 is 2.06 bits per heavy atom. The fourth-order valence-electron chi connectivity index (χ4n) is 3.39. The summed E-state index contributed by atoms with van der Waals surface area (Å²) in [6.07, 6.45) is 1.71. The van der Waals surface area contributed by atoms with E-state index in [0.29, 0.717) is 18.7 Å². The van der Waals surface area contributed by atoms with E-state index in [4.69, 9.17) is 25.8 Å². The van der Waals surface area contributed by atoms with Crippen molar-refractivity contribution in [2.45, 2.75) is 25.5 Å². The van der Waals surface area contributed by atoms with Gasteiger partial charge in [0, 0.05) is 24.8 Å². The highest BCUT2D eigenvalue weighted by molar-refractivity contribution is 6.34. The Kier molecular flexibility index (Phi) is 7.59. The lowest BCUT2D eigenvalue weighted by atomic mass is 10.1. The van der Waals surface area contributed by atoms with Gasteiger partial charge in [0.2, 0.25) is 0 Å². The van der Waals surface area contributed by atoms with Crippen molar-refractivity contribution in [1.29, 1.82) is 0 Å². The minimum Gasteiger partial charge on any atom is -0.508 e. The van der Waals surface area contributed by atoms with Gasteiger partial charge in [-0.25, -0.2) is 9.59 Å². The van der Waals surface area contributed by atoms with Crippen LogP contribution in [-0.4, -0.2) is 55.5 Å². The smallest absolute Gasteiger partial charge is 0.341 e. The monoisotopic (exact) mass is 448 g/mol. The molecule has 0 bridgehead atoms. The summed E-state index contributed by atoms with van der Waals surface area (Å²) in [5.41, 5.74) is 1.05. The Hall–Kier alpha value is -2.97. The van der Waals surface area contributed by atoms with E-state index in [1.807, 2.05) is 0 Å². The number of urea groups is 1. The lowest BCUT2D eigenvalue weighted by Crippen LogP contribution is -2.39. The minimum absolute atomic E-state index is 0.0803. The number of anilines is 1. The second-order valence-electron chi connectivity index (χ2n) is 7.10. The number of hydrogen-bond acceptors (Lipinski definition) is 6. The zero-order valence-corrected chi connectivity index (χ0v) is 18.1. The summed E-state index contributed by atoms with van der Waals surface area (Å²) in [7, 11) is 2.66. The molecule has 1 unspecified atom stereocenters. The summed E-state index contributed by atoms with van der Waals surface area (Å²) in [5.74, 6) is -0.274. The maximum Gasteiger partial charge on any atom is 0.341 e. The Morgan fingerprint density at radius 1 is 1.29 bits per heavy atom. The highest BCUT2D eigenvalue weighted by Gasteiger charge is 2.25. The summed E-state index contributed by atoms with van der Waals surface area (Å²) in [5, 5.41) is 13.1. The molecule has 1 aliphatic heterocycles. The molecule has 0 aromatic heterocycles. The van der Waals surface area contributed by atoms with Crippen LogP contribution in [0.3, 0.4) is 0 Å². The van der Waals surface area contributed by atoms with Gasteiger partial charge in [0.15, 0.2) is 0 Å². The molecule has 0 radical (unpaired) electrons. The predicted molar refractivity (Wildman–Crippen MR) is 116 cm³/mol. The van der Waals surface area contributed by atoms with E-state index >= 15 is 0 Å². The molecule has 8 nitrogen and oxygen atoms in total. The van der Waals surface area contributed by atoms with Crippen molar-refractivity contribution < 1.29 is 28.9 Å². The van der Waals surface area contributed by atoms with Crippen molar-refractivity contribution in [2.24, 2.45) is 0 Å². The molecule has 166 valence electrons. The number of ether oxygens (including phenoxy) is 3. The van der Waals surface area contributed by atoms with Gasteiger partial charge >= 0.3 is 12.0 Å². The van der Waals surface area contributed by atoms with E-state index in [1.165, 1.54) is 26.4 Å². The van der Waals surface area contributed by atoms with Gasteiger partial charge in [0.05, 0.1) is 37.6 Å². The maximum atomic E-state index is 13.1. The van der Waals surface area contributed by atoms with Crippen molar-refractivity contribution in [3.8, 4) is 11.5 Å². The number of halogens is 1. The number of carbonyl (C=O) groups is 2. The number of nitrogens with zero attached hydrogens (tertiary/aromatic N) is 1. The van der Waals surface area contributed by atoms with E-state index in [2.05, 4.69) is 5.32 Å². The molecule has 2 aromatic carbocycles. The van der Waals surface area contributed by atoms with Gasteiger partial charge in [0.1, 0.15) is 17.1 Å². The number of esters is 1. The van der Waals surface area contributed by atoms with Crippen molar-refractivity contribution in [3.05, 3.63) is 52.5 Å². The van der Waals surface area contributed by atoms with E-state index in [9.17, 15) is 14.7 Å². The molecule has 1 aliphatic rings. The van der Waals surface area contributed by atoms with Crippen LogP contribution >= 0.6 is 11.6 Å². The number of phenolic OH excluding ortho intramolecular Hbond substituents is 1. The van der Waals surface area contributed by atoms with Gasteiger partial charge in [-0.15, -0.1) is 0 Å². The number of methoxy groups -OCH3 is 2. The van der Waals surface area contributed by atoms with Crippen molar-refractivity contribution >= 4 is 29.3 Å². The van der Waals surface area contributed by atoms with Gasteiger partial charge in [-0.3, -0.25) is 0 Å². The summed E-state index contributed by atoms with van der Waals surface area (Å²) >= 11 is 6.30. The number of carbonyl (C=O) groups excluding carboxylic acids is 2. The highest BCUT2D eigenvalue weighted by Crippen LogP contribution is 2.32. The van der Waals surface area contributed by atoms with Crippen LogP contribution in [0.4, 0.5) is 10.5 Å². The standard InChI is InChI=1S/C22H25ClN2O6/c1-29-20-11-18(17(23)10-16(20)21(27)30-2)24-22(28)25(13-15-7-5-9-31-15)12-14-6-3-4-8-19(14)26/h3-4,6,8,10-11,15,26H,5,7,9,12-13H2,1-2H3,(H,24,28). The SMILES string of the molecule is COC(=O)c1cc(Cl)c(NC(=O)N(Cc2ccccc2O)CC2CCCO2)cc1OC. The molecule has 31 heavy (non-hydrogen) atoms. The molecule has 1 heterocycles. The molecule has 9 heteroatoms. The van der Waals surface area contributed by atoms with Gasteiger partial charge in [-0.1, -0.05) is 29.8 Å². The molecule has 1 saturated heterocycles. The van der Waals surface area contributed by atoms with Crippen molar-refractivity contribution in [1.82, 2.24) is 4.90 Å². The lowest BCUT2D eigenvalue weighted by Gasteiger charge is -2.26. The fourth-order valence-corrected chi connectivity index (χ4v) is 3.60. The first-order valence-electron chi connectivity index (χ1n) is 9.83. The average Bonchev–Trinajstić information content (AvgIpc) is 3.28. The van der Waals surface area contributed by atoms with E-state index in [0.717, 1.165) is 12.8 Å². The van der Waals surface area contributed by atoms with Crippen molar-refractivity contribution in [2.75, 3.05) is 32.7 Å². The van der Waals surface area contributed by atoms with Crippen LogP contribution in [-0.2, 0) is 16.0 Å². The van der Waals surface area contributed by atoms with E-state index in [-0.39, 0.29) is 40.4 Å². The number of amides is 2. The Morgan fingerprint density at radius 3 is 2.71 bits per heavy atom. The number of para-hydroxylation sites is 1. The van der Waals surface area contributed by atoms with Crippen LogP contribution in [0.2, 0.25) is 5.02 Å². The van der Waals surface area contributed by atoms with Crippen LogP contribution in [0.25, 0.3) is 0 Å². The van der Waals surface area contributed by atoms with Gasteiger partial charge in [0.25, 0.3) is 0 Å². The van der Waals surface area contributed by atoms with E-state index in [1.54, 1.807) is 29.2 Å². The number of phenols is 1. The topological polar surface area (TPSA) is 97.3 Å². The summed E-state index contributed by atoms with van der Waals surface area (Å²) in [6, 6.07) is 9.28. The summed E-state index contributed by atoms with van der Waals surface area (Å²) < 4.78 is 15.7. The molecule has 0 saturated carbocycles. The highest BCUT2D eigenvalue weighted by atomic mass is 35.5. The maximum absolute atomic E-state index is 13.1. The molecule has 2 amide bonds. The van der Waals surface area contributed by atoms with Gasteiger partial charge in [-0.05, 0) is 25.0 Å². The third-order valence-corrected chi connectivity index (χ3v) is 5.34. The number of nitrogens with one attached hydrogen (secondary N) is 1. The number of rotatable bonds is 7. The third-order valence-electron chi connectivity index (χ3n) is 5.02. The first kappa shape index (κ1) is 22.7. The largest absolute Gasteiger partial charge is 0.508 e. The zero-order chi connectivity index (χ0) is 22.4. The van der Waals surface area contributed by atoms with Crippen LogP contribution in [0.15, 0.2) is 36.4 Å². The molecule has 0 spiro atoms. The number of aromatic hydroxyl groups is 1. The predicted octanol–water partition coefficient (Wildman–Crippen LogP) is 4.05. The molecule has 1 fully saturated rings. The Balaban J connectivity index is 1.83. The number of benzene rings is 2. The fraction of sp³-hybridized carbons (Fsp3) is 0.364. The number of hydrogen-bond donors (Lipinski definition) is 2. The van der Waals surface area contributed by atoms with Gasteiger partial charge in [-0.2, -0.15) is 0 Å². The third kappa shape index (κ3) is 5.59. The quantitative estimate of drug-likeness (QED) is 0.620. The Labute approximate surface area is 185 Å². The minimum atomic E-state index is -0.601. The molecule has 2 aromatic rings. The molecule has 2 N–H and O–H groups in total. The first-order valence-corrected chi connectivity index (χ1v) is 10.2. The summed E-state index contributed by atoms with van der Waals surface area (Å²) in [4.78, 5) is 26.6. The molecular formula is C22H25ClN2O6. The molecule has 1 atom stereocenters. The summed E-state index contributed by atoms with van der Waals surface area (Å²) in [6.45, 7) is 1.21. The lowest BCUT2D eigenvalue weighted by molar-refractivity contribution is 0.0597. The van der Waals surface area contributed by atoms with Crippen LogP contribution in [0.5, 0.6) is 11.5 Å². The van der Waals surface area contributed by atoms with Crippen LogP contribution in [0.1, 0.15) is 28.8 Å². The van der Waals surface area contributed by atoms with Crippen molar-refractivity contribution in [3.63, 3.8) is 0 Å².